The number of pyridine rings is 1. The molecule has 0 unspecified atom stereocenters. The molecular weight excluding hydrogens is 613 g/mol. The molecule has 3 heterocycles. The zero-order valence-corrected chi connectivity index (χ0v) is 31.7. The van der Waals surface area contributed by atoms with Crippen molar-refractivity contribution in [3.05, 3.63) is 119 Å². The lowest BCUT2D eigenvalue weighted by atomic mass is 9.72. The van der Waals surface area contributed by atoms with E-state index in [-0.39, 0.29) is 10.8 Å². The van der Waals surface area contributed by atoms with E-state index >= 15 is 0 Å². The molecule has 5 nitrogen and oxygen atoms in total. The van der Waals surface area contributed by atoms with Gasteiger partial charge in [0.1, 0.15) is 17.3 Å². The predicted octanol–water partition coefficient (Wildman–Crippen LogP) is 12.1. The Morgan fingerprint density at radius 3 is 2.18 bits per heavy atom. The van der Waals surface area contributed by atoms with Gasteiger partial charge < -0.3 is 4.74 Å². The summed E-state index contributed by atoms with van der Waals surface area (Å²) in [6, 6.07) is 25.9. The van der Waals surface area contributed by atoms with Gasteiger partial charge in [0.2, 0.25) is 0 Å². The third-order valence-corrected chi connectivity index (χ3v) is 10.7. The number of fused-ring (bicyclic) bond motifs is 3. The number of para-hydroxylation sites is 1. The maximum absolute atomic E-state index is 6.80. The zero-order chi connectivity index (χ0) is 35.7. The lowest BCUT2D eigenvalue weighted by molar-refractivity contribution is 0.390. The first kappa shape index (κ1) is 33.8. The normalized spacial score (nSPS) is 18.5. The van der Waals surface area contributed by atoms with E-state index in [1.807, 2.05) is 6.20 Å². The van der Waals surface area contributed by atoms with Crippen molar-refractivity contribution in [2.24, 2.45) is 11.8 Å². The Morgan fingerprint density at radius 1 is 0.740 bits per heavy atom. The number of rotatable bonds is 5. The molecule has 0 aliphatic heterocycles. The van der Waals surface area contributed by atoms with Crippen LogP contribution >= 0.6 is 0 Å². The number of ether oxygens (including phenoxy) is 1. The summed E-state index contributed by atoms with van der Waals surface area (Å²) >= 11 is 0. The molecule has 6 aromatic rings. The van der Waals surface area contributed by atoms with Crippen molar-refractivity contribution in [3.63, 3.8) is 0 Å². The molecular formula is C45H52N4O. The fourth-order valence-electron chi connectivity index (χ4n) is 8.26. The zero-order valence-electron chi connectivity index (χ0n) is 31.7. The largest absolute Gasteiger partial charge is 0.457 e. The molecule has 0 saturated heterocycles. The topological polar surface area (TPSA) is 44.9 Å². The molecule has 50 heavy (non-hydrogen) atoms. The monoisotopic (exact) mass is 664 g/mol. The summed E-state index contributed by atoms with van der Waals surface area (Å²) in [4.78, 5) is 4.87. The summed E-state index contributed by atoms with van der Waals surface area (Å²) in [6.45, 7) is 24.9. The van der Waals surface area contributed by atoms with Crippen LogP contribution in [0.4, 0.5) is 0 Å². The van der Waals surface area contributed by atoms with E-state index < -0.39 is 0 Å². The summed E-state index contributed by atoms with van der Waals surface area (Å²) in [7, 11) is 0. The van der Waals surface area contributed by atoms with E-state index in [1.165, 1.54) is 45.2 Å². The fraction of sp³-hybridized carbons (Fsp3) is 0.378. The number of hydrogen-bond acceptors (Lipinski definition) is 3. The number of aromatic nitrogens is 4. The Morgan fingerprint density at radius 2 is 1.46 bits per heavy atom. The molecule has 0 N–H and O–H groups in total. The standard InChI is InChI=1S/C45H52N4O/c1-27-20-28(2)42(29(3)21-27)43-30(4)47-49(31(43)5)34-22-33(45(9,10)11)23-36(25-34)50-35-16-17-38-37-14-12-13-15-39(37)48(40(38)26-35)41-24-32(18-19-46-41)44(6,7)8/h12-20,22-27,29,42H,21H2,1-11H3/t27-,29-,42-/m0/s1. The first-order valence-electron chi connectivity index (χ1n) is 18.2. The lowest BCUT2D eigenvalue weighted by Gasteiger charge is -2.32. The van der Waals surface area contributed by atoms with Crippen molar-refractivity contribution in [1.82, 2.24) is 19.3 Å². The van der Waals surface area contributed by atoms with Gasteiger partial charge in [-0.1, -0.05) is 85.2 Å². The quantitative estimate of drug-likeness (QED) is 0.172. The second-order valence-electron chi connectivity index (χ2n) is 16.8. The van der Waals surface area contributed by atoms with Crippen LogP contribution in [-0.4, -0.2) is 19.3 Å². The van der Waals surface area contributed by atoms with Crippen LogP contribution in [0.2, 0.25) is 0 Å². The molecule has 3 aromatic carbocycles. The smallest absolute Gasteiger partial charge is 0.137 e. The molecule has 0 radical (unpaired) electrons. The first-order chi connectivity index (χ1) is 23.6. The molecule has 0 bridgehead atoms. The molecule has 0 spiro atoms. The summed E-state index contributed by atoms with van der Waals surface area (Å²) < 4.78 is 11.2. The van der Waals surface area contributed by atoms with Crippen LogP contribution in [0.15, 0.2) is 90.6 Å². The molecule has 7 rings (SSSR count). The molecule has 0 fully saturated rings. The molecule has 0 amide bonds. The molecule has 258 valence electrons. The van der Waals surface area contributed by atoms with E-state index in [0.29, 0.717) is 17.8 Å². The number of hydrogen-bond donors (Lipinski definition) is 0. The van der Waals surface area contributed by atoms with Crippen molar-refractivity contribution in [3.8, 4) is 23.0 Å². The summed E-state index contributed by atoms with van der Waals surface area (Å²) in [5.41, 5.74) is 10.7. The second-order valence-corrected chi connectivity index (χ2v) is 16.8. The van der Waals surface area contributed by atoms with Crippen LogP contribution in [0.25, 0.3) is 33.3 Å². The Kier molecular flexibility index (Phi) is 8.32. The highest BCUT2D eigenvalue weighted by atomic mass is 16.5. The minimum Gasteiger partial charge on any atom is -0.457 e. The van der Waals surface area contributed by atoms with Crippen molar-refractivity contribution in [2.45, 2.75) is 99.3 Å². The van der Waals surface area contributed by atoms with Crippen LogP contribution in [0, 0.1) is 25.7 Å². The summed E-state index contributed by atoms with van der Waals surface area (Å²) in [6.07, 6.45) is 5.58. The van der Waals surface area contributed by atoms with Gasteiger partial charge in [-0.15, -0.1) is 0 Å². The molecule has 5 heteroatoms. The maximum Gasteiger partial charge on any atom is 0.137 e. The SMILES string of the molecule is CC1=C[C@H](C)C[C@H](C)[C@H]1c1c(C)nn(-c2cc(Oc3ccc4c5ccccc5n(-c5cc(C(C)(C)C)ccn5)c4c3)cc(C(C)(C)C)c2)c1C. The Bertz CT molecular complexity index is 2270. The molecule has 3 atom stereocenters. The summed E-state index contributed by atoms with van der Waals surface area (Å²) in [5, 5.41) is 7.54. The fourth-order valence-corrected chi connectivity index (χ4v) is 8.26. The average molecular weight is 665 g/mol. The van der Waals surface area contributed by atoms with Gasteiger partial charge in [-0.25, -0.2) is 9.67 Å². The Hall–Kier alpha value is -4.64. The van der Waals surface area contributed by atoms with Crippen LogP contribution in [0.5, 0.6) is 11.5 Å². The number of nitrogens with zero attached hydrogens (tertiary/aromatic N) is 4. The van der Waals surface area contributed by atoms with Gasteiger partial charge in [0, 0.05) is 46.3 Å². The minimum absolute atomic E-state index is 0.00942. The number of benzene rings is 3. The first-order valence-corrected chi connectivity index (χ1v) is 18.2. The molecule has 3 aromatic heterocycles. The van der Waals surface area contributed by atoms with Gasteiger partial charge in [0.15, 0.2) is 0 Å². The van der Waals surface area contributed by atoms with Gasteiger partial charge >= 0.3 is 0 Å². The number of aryl methyl sites for hydroxylation is 1. The van der Waals surface area contributed by atoms with Crippen LogP contribution in [0.3, 0.4) is 0 Å². The Balaban J connectivity index is 1.34. The van der Waals surface area contributed by atoms with Crippen molar-refractivity contribution in [2.75, 3.05) is 0 Å². The van der Waals surface area contributed by atoms with E-state index in [9.17, 15) is 0 Å². The molecule has 1 aliphatic rings. The highest BCUT2D eigenvalue weighted by Crippen LogP contribution is 2.44. The highest BCUT2D eigenvalue weighted by molar-refractivity contribution is 6.09. The molecule has 1 aliphatic carbocycles. The van der Waals surface area contributed by atoms with Gasteiger partial charge in [0.05, 0.1) is 22.4 Å². The van der Waals surface area contributed by atoms with Crippen LogP contribution in [-0.2, 0) is 10.8 Å². The maximum atomic E-state index is 6.80. The second kappa shape index (κ2) is 12.3. The predicted molar refractivity (Wildman–Crippen MR) is 209 cm³/mol. The van der Waals surface area contributed by atoms with Crippen molar-refractivity contribution < 1.29 is 4.74 Å². The van der Waals surface area contributed by atoms with E-state index in [2.05, 4.69) is 164 Å². The van der Waals surface area contributed by atoms with Crippen LogP contribution in [0.1, 0.15) is 103 Å². The summed E-state index contributed by atoms with van der Waals surface area (Å²) in [5.74, 6) is 4.06. The minimum atomic E-state index is -0.0828. The van der Waals surface area contributed by atoms with Gasteiger partial charge in [0.25, 0.3) is 0 Å². The van der Waals surface area contributed by atoms with Crippen molar-refractivity contribution in [1.29, 1.82) is 0 Å². The third-order valence-electron chi connectivity index (χ3n) is 10.7. The lowest BCUT2D eigenvalue weighted by Crippen LogP contribution is -2.20. The third kappa shape index (κ3) is 6.05. The van der Waals surface area contributed by atoms with Gasteiger partial charge in [-0.3, -0.25) is 4.57 Å². The van der Waals surface area contributed by atoms with E-state index in [4.69, 9.17) is 14.8 Å². The highest BCUT2D eigenvalue weighted by Gasteiger charge is 2.32. The average Bonchev–Trinajstić information content (AvgIpc) is 3.52. The van der Waals surface area contributed by atoms with E-state index in [0.717, 1.165) is 39.7 Å². The van der Waals surface area contributed by atoms with E-state index in [1.54, 1.807) is 0 Å². The number of allylic oxidation sites excluding steroid dienone is 2. The Labute approximate surface area is 298 Å². The van der Waals surface area contributed by atoms with Gasteiger partial charge in [-0.2, -0.15) is 5.10 Å². The van der Waals surface area contributed by atoms with Crippen LogP contribution < -0.4 is 4.74 Å². The van der Waals surface area contributed by atoms with Crippen molar-refractivity contribution >= 4 is 21.8 Å². The molecule has 0 saturated carbocycles. The van der Waals surface area contributed by atoms with Gasteiger partial charge in [-0.05, 0) is 103 Å².